The molecule has 7 heteroatoms. The molecule has 1 aromatic heterocycles. The van der Waals surface area contributed by atoms with Crippen LogP contribution in [0.3, 0.4) is 0 Å². The fourth-order valence-corrected chi connectivity index (χ4v) is 2.49. The first kappa shape index (κ1) is 15.4. The molecule has 0 saturated heterocycles. The molecule has 1 rings (SSSR count). The van der Waals surface area contributed by atoms with E-state index in [1.165, 1.54) is 18.3 Å². The highest BCUT2D eigenvalue weighted by molar-refractivity contribution is 7.89. The zero-order valence-electron chi connectivity index (χ0n) is 10.6. The van der Waals surface area contributed by atoms with Gasteiger partial charge in [0.05, 0.1) is 6.10 Å². The summed E-state index contributed by atoms with van der Waals surface area (Å²) in [5.74, 6) is 0.223. The fourth-order valence-electron chi connectivity index (χ4n) is 1.39. The highest BCUT2D eigenvalue weighted by Gasteiger charge is 2.18. The second-order valence-electron chi connectivity index (χ2n) is 4.19. The average Bonchev–Trinajstić information content (AvgIpc) is 2.29. The Balaban J connectivity index is 2.73. The molecule has 0 spiro atoms. The van der Waals surface area contributed by atoms with Crippen LogP contribution in [0.5, 0.6) is 0 Å². The molecule has 1 atom stereocenters. The van der Waals surface area contributed by atoms with Crippen LogP contribution in [0.1, 0.15) is 13.8 Å². The van der Waals surface area contributed by atoms with Gasteiger partial charge >= 0.3 is 0 Å². The van der Waals surface area contributed by atoms with Crippen LogP contribution < -0.4 is 4.72 Å². The minimum Gasteiger partial charge on any atom is -0.380 e. The summed E-state index contributed by atoms with van der Waals surface area (Å²) in [4.78, 5) is 3.83. The molecule has 0 bridgehead atoms. The second kappa shape index (κ2) is 6.47. The number of methoxy groups -OCH3 is 1. The summed E-state index contributed by atoms with van der Waals surface area (Å²) in [6.45, 7) is 4.15. The van der Waals surface area contributed by atoms with Crippen molar-refractivity contribution >= 4 is 21.6 Å². The Hall–Kier alpha value is -0.690. The van der Waals surface area contributed by atoms with E-state index < -0.39 is 10.0 Å². The first-order valence-corrected chi connectivity index (χ1v) is 7.37. The molecule has 0 aromatic carbocycles. The van der Waals surface area contributed by atoms with E-state index in [2.05, 4.69) is 9.71 Å². The van der Waals surface area contributed by atoms with E-state index in [0.717, 1.165) is 0 Å². The van der Waals surface area contributed by atoms with Gasteiger partial charge in [-0.2, -0.15) is 0 Å². The maximum atomic E-state index is 11.9. The lowest BCUT2D eigenvalue weighted by Crippen LogP contribution is -2.36. The molecule has 0 fully saturated rings. The number of hydrogen-bond acceptors (Lipinski definition) is 4. The van der Waals surface area contributed by atoms with Gasteiger partial charge < -0.3 is 4.74 Å². The van der Waals surface area contributed by atoms with Crippen LogP contribution in [0.2, 0.25) is 5.15 Å². The van der Waals surface area contributed by atoms with Gasteiger partial charge in [0, 0.05) is 19.9 Å². The molecule has 1 aromatic rings. The number of nitrogens with zero attached hydrogens (tertiary/aromatic N) is 1. The van der Waals surface area contributed by atoms with E-state index in [0.29, 0.717) is 0 Å². The smallest absolute Gasteiger partial charge is 0.242 e. The molecule has 0 aliphatic heterocycles. The molecule has 5 nitrogen and oxygen atoms in total. The van der Waals surface area contributed by atoms with Gasteiger partial charge in [-0.15, -0.1) is 0 Å². The molecule has 1 N–H and O–H groups in total. The van der Waals surface area contributed by atoms with Gasteiger partial charge in [0.1, 0.15) is 10.0 Å². The minimum absolute atomic E-state index is 0.0884. The van der Waals surface area contributed by atoms with Crippen LogP contribution in [0, 0.1) is 5.92 Å². The maximum Gasteiger partial charge on any atom is 0.242 e. The second-order valence-corrected chi connectivity index (χ2v) is 6.34. The number of hydrogen-bond donors (Lipinski definition) is 1. The van der Waals surface area contributed by atoms with Crippen LogP contribution in [0.25, 0.3) is 0 Å². The summed E-state index contributed by atoms with van der Waals surface area (Å²) in [6, 6.07) is 2.85. The highest BCUT2D eigenvalue weighted by Crippen LogP contribution is 2.11. The first-order chi connectivity index (χ1) is 8.36. The van der Waals surface area contributed by atoms with Crippen molar-refractivity contribution in [3.63, 3.8) is 0 Å². The van der Waals surface area contributed by atoms with Crippen molar-refractivity contribution in [2.45, 2.75) is 24.8 Å². The first-order valence-electron chi connectivity index (χ1n) is 5.51. The Morgan fingerprint density at radius 1 is 1.44 bits per heavy atom. The molecular weight excluding hydrogens is 276 g/mol. The zero-order chi connectivity index (χ0) is 13.8. The van der Waals surface area contributed by atoms with Gasteiger partial charge in [-0.1, -0.05) is 25.4 Å². The molecule has 0 aliphatic carbocycles. The summed E-state index contributed by atoms with van der Waals surface area (Å²) in [5, 5.41) is 0.255. The van der Waals surface area contributed by atoms with E-state index >= 15 is 0 Å². The van der Waals surface area contributed by atoms with Gasteiger partial charge in [0.2, 0.25) is 10.0 Å². The van der Waals surface area contributed by atoms with E-state index in [1.807, 2.05) is 13.8 Å². The van der Waals surface area contributed by atoms with Crippen molar-refractivity contribution in [3.8, 4) is 0 Å². The standard InChI is InChI=1S/C11H17ClN2O3S/c1-8(2)10(17-3)7-14-18(15,16)9-4-5-11(12)13-6-9/h4-6,8,10,14H,7H2,1-3H3. The normalized spacial score (nSPS) is 13.8. The van der Waals surface area contributed by atoms with Crippen LogP contribution in [-0.4, -0.2) is 33.2 Å². The van der Waals surface area contributed by atoms with Gasteiger partial charge in [0.15, 0.2) is 0 Å². The van der Waals surface area contributed by atoms with Crippen LogP contribution in [0.4, 0.5) is 0 Å². The maximum absolute atomic E-state index is 11.9. The quantitative estimate of drug-likeness (QED) is 0.810. The SMILES string of the molecule is COC(CNS(=O)(=O)c1ccc(Cl)nc1)C(C)C. The largest absolute Gasteiger partial charge is 0.380 e. The Morgan fingerprint density at radius 3 is 2.56 bits per heavy atom. The number of rotatable bonds is 6. The van der Waals surface area contributed by atoms with Gasteiger partial charge in [-0.3, -0.25) is 0 Å². The molecule has 0 saturated carbocycles. The van der Waals surface area contributed by atoms with Crippen LogP contribution in [-0.2, 0) is 14.8 Å². The number of ether oxygens (including phenoxy) is 1. The molecular formula is C11H17ClN2O3S. The number of pyridine rings is 1. The van der Waals surface area contributed by atoms with E-state index in [-0.39, 0.29) is 28.6 Å². The molecule has 1 heterocycles. The Bertz CT molecular complexity index is 474. The Morgan fingerprint density at radius 2 is 2.11 bits per heavy atom. The Kier molecular flexibility index (Phi) is 5.52. The van der Waals surface area contributed by atoms with E-state index in [4.69, 9.17) is 16.3 Å². The monoisotopic (exact) mass is 292 g/mol. The third-order valence-corrected chi connectivity index (χ3v) is 4.16. The van der Waals surface area contributed by atoms with Crippen LogP contribution >= 0.6 is 11.6 Å². The predicted octanol–water partition coefficient (Wildman–Crippen LogP) is 1.68. The van der Waals surface area contributed by atoms with Gasteiger partial charge in [0.25, 0.3) is 0 Å². The number of halogens is 1. The minimum atomic E-state index is -3.57. The summed E-state index contributed by atoms with van der Waals surface area (Å²) in [7, 11) is -2.01. The summed E-state index contributed by atoms with van der Waals surface area (Å²) >= 11 is 5.61. The topological polar surface area (TPSA) is 68.3 Å². The van der Waals surface area contributed by atoms with Gasteiger partial charge in [-0.25, -0.2) is 18.1 Å². The van der Waals surface area contributed by atoms with Gasteiger partial charge in [-0.05, 0) is 18.1 Å². The number of nitrogens with one attached hydrogen (secondary N) is 1. The predicted molar refractivity (Wildman–Crippen MR) is 70.1 cm³/mol. The molecule has 102 valence electrons. The third kappa shape index (κ3) is 4.20. The molecule has 0 aliphatic rings. The molecule has 1 unspecified atom stereocenters. The van der Waals surface area contributed by atoms with Crippen molar-refractivity contribution < 1.29 is 13.2 Å². The van der Waals surface area contributed by atoms with Crippen molar-refractivity contribution in [1.29, 1.82) is 0 Å². The summed E-state index contributed by atoms with van der Waals surface area (Å²) < 4.78 is 31.6. The summed E-state index contributed by atoms with van der Waals surface area (Å²) in [5.41, 5.74) is 0. The molecule has 18 heavy (non-hydrogen) atoms. The highest BCUT2D eigenvalue weighted by atomic mass is 35.5. The molecule has 0 amide bonds. The zero-order valence-corrected chi connectivity index (χ0v) is 12.1. The fraction of sp³-hybridized carbons (Fsp3) is 0.545. The molecule has 0 radical (unpaired) electrons. The number of sulfonamides is 1. The van der Waals surface area contributed by atoms with Crippen molar-refractivity contribution in [1.82, 2.24) is 9.71 Å². The number of aromatic nitrogens is 1. The lowest BCUT2D eigenvalue weighted by molar-refractivity contribution is 0.0691. The Labute approximate surface area is 113 Å². The van der Waals surface area contributed by atoms with Crippen LogP contribution in [0.15, 0.2) is 23.2 Å². The van der Waals surface area contributed by atoms with E-state index in [1.54, 1.807) is 7.11 Å². The lowest BCUT2D eigenvalue weighted by Gasteiger charge is -2.19. The van der Waals surface area contributed by atoms with Crippen molar-refractivity contribution in [2.24, 2.45) is 5.92 Å². The lowest BCUT2D eigenvalue weighted by atomic mass is 10.1. The van der Waals surface area contributed by atoms with E-state index in [9.17, 15) is 8.42 Å². The van der Waals surface area contributed by atoms with Crippen molar-refractivity contribution in [2.75, 3.05) is 13.7 Å². The summed E-state index contributed by atoms with van der Waals surface area (Å²) in [6.07, 6.45) is 1.06. The average molecular weight is 293 g/mol. The van der Waals surface area contributed by atoms with Crippen molar-refractivity contribution in [3.05, 3.63) is 23.5 Å². The third-order valence-electron chi connectivity index (χ3n) is 2.53.